The van der Waals surface area contributed by atoms with Crippen molar-refractivity contribution in [2.24, 2.45) is 4.99 Å². The Morgan fingerprint density at radius 2 is 2.15 bits per heavy atom. The van der Waals surface area contributed by atoms with Crippen molar-refractivity contribution in [3.8, 4) is 5.75 Å². The van der Waals surface area contributed by atoms with E-state index in [0.29, 0.717) is 17.5 Å². The van der Waals surface area contributed by atoms with Crippen molar-refractivity contribution in [2.75, 3.05) is 5.32 Å². The zero-order valence-corrected chi connectivity index (χ0v) is 13.5. The molecule has 0 saturated heterocycles. The first kappa shape index (κ1) is 14.5. The average molecular weight is 343 g/mol. The molecule has 3 N–H and O–H groups in total. The van der Waals surface area contributed by atoms with Crippen molar-refractivity contribution >= 4 is 46.2 Å². The summed E-state index contributed by atoms with van der Waals surface area (Å²) in [6, 6.07) is 11.1. The van der Waals surface area contributed by atoms with Gasteiger partial charge in [0.05, 0.1) is 11.7 Å². The predicted octanol–water partition coefficient (Wildman–Crippen LogP) is 4.26. The number of hydrogen-bond acceptors (Lipinski definition) is 6. The second kappa shape index (κ2) is 5.59. The number of allylic oxidation sites excluding steroid dienone is 1. The molecule has 0 atom stereocenters. The van der Waals surface area contributed by atoms with Crippen LogP contribution in [-0.2, 0) is 0 Å². The first-order valence-electron chi connectivity index (χ1n) is 8.00. The Hall–Kier alpha value is -3.87. The van der Waals surface area contributed by atoms with Gasteiger partial charge in [-0.15, -0.1) is 0 Å². The van der Waals surface area contributed by atoms with E-state index in [0.717, 1.165) is 27.7 Å². The molecule has 26 heavy (non-hydrogen) atoms. The Bertz CT molecular complexity index is 1190. The molecule has 4 heterocycles. The molecule has 7 nitrogen and oxygen atoms in total. The van der Waals surface area contributed by atoms with Crippen LogP contribution < -0.4 is 5.32 Å². The van der Waals surface area contributed by atoms with E-state index in [-0.39, 0.29) is 5.75 Å². The van der Waals surface area contributed by atoms with Crippen LogP contribution in [0.1, 0.15) is 11.3 Å². The van der Waals surface area contributed by atoms with Gasteiger partial charge >= 0.3 is 0 Å². The topological polar surface area (TPSA) is 99.3 Å². The molecule has 1 aliphatic rings. The quantitative estimate of drug-likeness (QED) is 0.516. The fraction of sp³-hybridized carbons (Fsp3) is 0. The van der Waals surface area contributed by atoms with Crippen LogP contribution in [0.15, 0.2) is 58.2 Å². The van der Waals surface area contributed by atoms with Gasteiger partial charge in [-0.05, 0) is 36.4 Å². The molecule has 0 saturated carbocycles. The Morgan fingerprint density at radius 1 is 1.19 bits per heavy atom. The molecule has 5 rings (SSSR count). The fourth-order valence-electron chi connectivity index (χ4n) is 2.90. The van der Waals surface area contributed by atoms with Gasteiger partial charge in [0.2, 0.25) is 5.88 Å². The van der Waals surface area contributed by atoms with Gasteiger partial charge < -0.3 is 14.8 Å². The Labute approximate surface area is 147 Å². The van der Waals surface area contributed by atoms with E-state index in [1.807, 2.05) is 30.3 Å². The molecular formula is C19H13N5O2. The van der Waals surface area contributed by atoms with Crippen molar-refractivity contribution in [1.82, 2.24) is 15.2 Å². The Morgan fingerprint density at radius 3 is 3.12 bits per heavy atom. The maximum atomic E-state index is 10.2. The number of aromatic nitrogens is 3. The first-order valence-corrected chi connectivity index (χ1v) is 8.00. The van der Waals surface area contributed by atoms with Gasteiger partial charge in [0, 0.05) is 40.7 Å². The number of H-pyrrole nitrogens is 1. The van der Waals surface area contributed by atoms with Crippen LogP contribution in [0.25, 0.3) is 22.6 Å². The van der Waals surface area contributed by atoms with E-state index in [9.17, 15) is 5.11 Å². The lowest BCUT2D eigenvalue weighted by atomic mass is 10.1. The number of rotatable bonds is 3. The summed E-state index contributed by atoms with van der Waals surface area (Å²) < 4.78 is 5.75. The second-order valence-corrected chi connectivity index (χ2v) is 5.89. The molecule has 0 spiro atoms. The van der Waals surface area contributed by atoms with E-state index in [2.05, 4.69) is 25.5 Å². The van der Waals surface area contributed by atoms with Gasteiger partial charge in [0.1, 0.15) is 0 Å². The number of aromatic amines is 1. The minimum absolute atomic E-state index is 0.0510. The summed E-state index contributed by atoms with van der Waals surface area (Å²) in [4.78, 5) is 8.46. The molecule has 126 valence electrons. The van der Waals surface area contributed by atoms with Crippen molar-refractivity contribution < 1.29 is 9.52 Å². The number of hydrogen-bond donors (Lipinski definition) is 3. The molecule has 0 aliphatic carbocycles. The highest BCUT2D eigenvalue weighted by atomic mass is 16.4. The number of benzene rings is 1. The normalized spacial score (nSPS) is 14.2. The standard InChI is InChI=1S/C19H13N5O2/c25-16-8-18(23-13-3-4-15-12(6-13)10-22-24-15)26-17(16)7-11-9-21-19-14(11)2-1-5-20-19/h1-10,23,25H,(H,22,24)/b11-7+. The zero-order valence-electron chi connectivity index (χ0n) is 13.5. The van der Waals surface area contributed by atoms with Crippen molar-refractivity contribution in [3.05, 3.63) is 60.1 Å². The third-order valence-corrected chi connectivity index (χ3v) is 4.16. The first-order chi connectivity index (χ1) is 12.8. The van der Waals surface area contributed by atoms with Crippen molar-refractivity contribution in [2.45, 2.75) is 0 Å². The van der Waals surface area contributed by atoms with Crippen LogP contribution in [-0.4, -0.2) is 26.5 Å². The zero-order chi connectivity index (χ0) is 17.5. The number of anilines is 2. The van der Waals surface area contributed by atoms with E-state index in [4.69, 9.17) is 4.42 Å². The van der Waals surface area contributed by atoms with Crippen LogP contribution in [0.3, 0.4) is 0 Å². The van der Waals surface area contributed by atoms with Crippen LogP contribution in [0.4, 0.5) is 17.4 Å². The Balaban J connectivity index is 1.45. The number of aromatic hydroxyl groups is 1. The van der Waals surface area contributed by atoms with Crippen molar-refractivity contribution in [1.29, 1.82) is 0 Å². The number of aliphatic imine (C=N–C) groups is 1. The van der Waals surface area contributed by atoms with Gasteiger partial charge in [-0.25, -0.2) is 9.98 Å². The highest BCUT2D eigenvalue weighted by Crippen LogP contribution is 2.35. The van der Waals surface area contributed by atoms with Crippen LogP contribution >= 0.6 is 0 Å². The van der Waals surface area contributed by atoms with Gasteiger partial charge in [-0.2, -0.15) is 5.10 Å². The minimum Gasteiger partial charge on any atom is -0.504 e. The second-order valence-electron chi connectivity index (χ2n) is 5.89. The number of fused-ring (bicyclic) bond motifs is 2. The van der Waals surface area contributed by atoms with Gasteiger partial charge in [0.15, 0.2) is 17.3 Å². The molecule has 0 fully saturated rings. The maximum absolute atomic E-state index is 10.2. The molecule has 0 radical (unpaired) electrons. The lowest BCUT2D eigenvalue weighted by Crippen LogP contribution is -1.87. The van der Waals surface area contributed by atoms with Gasteiger partial charge in [-0.1, -0.05) is 0 Å². The molecule has 1 aliphatic heterocycles. The van der Waals surface area contributed by atoms with E-state index in [1.165, 1.54) is 0 Å². The minimum atomic E-state index is 0.0510. The highest BCUT2D eigenvalue weighted by molar-refractivity contribution is 6.20. The van der Waals surface area contributed by atoms with Crippen LogP contribution in [0.2, 0.25) is 0 Å². The van der Waals surface area contributed by atoms with Crippen LogP contribution in [0.5, 0.6) is 5.75 Å². The lowest BCUT2D eigenvalue weighted by molar-refractivity contribution is 0.456. The van der Waals surface area contributed by atoms with Crippen molar-refractivity contribution in [3.63, 3.8) is 0 Å². The summed E-state index contributed by atoms with van der Waals surface area (Å²) >= 11 is 0. The molecule has 7 heteroatoms. The third kappa shape index (κ3) is 2.42. The van der Waals surface area contributed by atoms with E-state index in [1.54, 1.807) is 30.8 Å². The van der Waals surface area contributed by atoms with E-state index >= 15 is 0 Å². The van der Waals surface area contributed by atoms with Crippen LogP contribution in [0, 0.1) is 0 Å². The number of nitrogens with zero attached hydrogens (tertiary/aromatic N) is 3. The lowest BCUT2D eigenvalue weighted by Gasteiger charge is -2.02. The number of nitrogens with one attached hydrogen (secondary N) is 2. The molecule has 4 aromatic rings. The molecule has 0 bridgehead atoms. The van der Waals surface area contributed by atoms with Gasteiger partial charge in [0.25, 0.3) is 0 Å². The molecule has 3 aromatic heterocycles. The highest BCUT2D eigenvalue weighted by Gasteiger charge is 2.15. The summed E-state index contributed by atoms with van der Waals surface area (Å²) in [6.07, 6.45) is 6.90. The average Bonchev–Trinajstić information content (AvgIpc) is 3.35. The summed E-state index contributed by atoms with van der Waals surface area (Å²) in [5.41, 5.74) is 3.53. The summed E-state index contributed by atoms with van der Waals surface area (Å²) in [6.45, 7) is 0. The smallest absolute Gasteiger partial charge is 0.201 e. The summed E-state index contributed by atoms with van der Waals surface area (Å²) in [7, 11) is 0. The number of furan rings is 1. The maximum Gasteiger partial charge on any atom is 0.201 e. The fourth-order valence-corrected chi connectivity index (χ4v) is 2.90. The van der Waals surface area contributed by atoms with E-state index < -0.39 is 0 Å². The largest absolute Gasteiger partial charge is 0.504 e. The molecule has 0 unspecified atom stereocenters. The molecule has 1 aromatic carbocycles. The predicted molar refractivity (Wildman–Crippen MR) is 100 cm³/mol. The summed E-state index contributed by atoms with van der Waals surface area (Å²) in [5, 5.41) is 21.2. The molecule has 0 amide bonds. The van der Waals surface area contributed by atoms with Gasteiger partial charge in [-0.3, -0.25) is 5.10 Å². The number of pyridine rings is 1. The molecular weight excluding hydrogens is 330 g/mol. The third-order valence-electron chi connectivity index (χ3n) is 4.16. The Kier molecular flexibility index (Phi) is 3.11. The summed E-state index contributed by atoms with van der Waals surface area (Å²) in [5.74, 6) is 1.51. The SMILES string of the molecule is Oc1cc(Nc2ccc3[nH]ncc3c2)oc1/C=C1\C=Nc2ncccc21. The monoisotopic (exact) mass is 343 g/mol.